The van der Waals surface area contributed by atoms with Gasteiger partial charge < -0.3 is 14.6 Å². The first-order valence-electron chi connectivity index (χ1n) is 7.93. The number of ether oxygens (including phenoxy) is 2. The smallest absolute Gasteiger partial charge is 0.305 e. The summed E-state index contributed by atoms with van der Waals surface area (Å²) in [4.78, 5) is 25.0. The summed E-state index contributed by atoms with van der Waals surface area (Å²) in [5.41, 5.74) is 0.752. The summed E-state index contributed by atoms with van der Waals surface area (Å²) < 4.78 is 12.3. The first-order valence-corrected chi connectivity index (χ1v) is 9.95. The summed E-state index contributed by atoms with van der Waals surface area (Å²) >= 11 is 9.82. The van der Waals surface area contributed by atoms with Crippen molar-refractivity contribution in [2.45, 2.75) is 20.3 Å². The van der Waals surface area contributed by atoms with E-state index >= 15 is 0 Å². The highest BCUT2D eigenvalue weighted by molar-refractivity contribution is 9.10. The van der Waals surface area contributed by atoms with Gasteiger partial charge in [-0.3, -0.25) is 14.5 Å². The molecule has 1 aliphatic heterocycles. The van der Waals surface area contributed by atoms with Gasteiger partial charge in [0.1, 0.15) is 4.32 Å². The number of thiocarbonyl (C=S) groups is 1. The second-order valence-corrected chi connectivity index (χ2v) is 7.70. The van der Waals surface area contributed by atoms with Crippen LogP contribution in [0.25, 0.3) is 6.08 Å². The molecule has 1 saturated heterocycles. The van der Waals surface area contributed by atoms with Crippen molar-refractivity contribution in [3.63, 3.8) is 0 Å². The van der Waals surface area contributed by atoms with Crippen molar-refractivity contribution in [2.24, 2.45) is 0 Å². The van der Waals surface area contributed by atoms with E-state index in [1.807, 2.05) is 19.9 Å². The number of rotatable bonds is 8. The van der Waals surface area contributed by atoms with E-state index in [2.05, 4.69) is 15.9 Å². The molecule has 1 fully saturated rings. The lowest BCUT2D eigenvalue weighted by Gasteiger charge is -2.14. The van der Waals surface area contributed by atoms with Gasteiger partial charge in [0.2, 0.25) is 0 Å². The Balaban J connectivity index is 2.30. The molecule has 1 aliphatic rings. The fraction of sp³-hybridized carbons (Fsp3) is 0.353. The van der Waals surface area contributed by atoms with E-state index in [-0.39, 0.29) is 18.9 Å². The third-order valence-electron chi connectivity index (χ3n) is 3.34. The van der Waals surface area contributed by atoms with Crippen molar-refractivity contribution in [1.82, 2.24) is 4.90 Å². The average molecular weight is 460 g/mol. The Morgan fingerprint density at radius 1 is 1.35 bits per heavy atom. The lowest BCUT2D eigenvalue weighted by Crippen LogP contribution is -2.30. The van der Waals surface area contributed by atoms with Gasteiger partial charge in [-0.1, -0.05) is 24.0 Å². The number of carbonyl (C=O) groups excluding carboxylic acids is 1. The molecule has 26 heavy (non-hydrogen) atoms. The lowest BCUT2D eigenvalue weighted by atomic mass is 10.2. The van der Waals surface area contributed by atoms with Crippen molar-refractivity contribution in [2.75, 3.05) is 19.8 Å². The Hall–Kier alpha value is -1.58. The van der Waals surface area contributed by atoms with E-state index in [9.17, 15) is 9.59 Å². The van der Waals surface area contributed by atoms with Crippen molar-refractivity contribution >= 4 is 62.2 Å². The van der Waals surface area contributed by atoms with Crippen LogP contribution in [0.1, 0.15) is 25.8 Å². The number of halogens is 1. The summed E-state index contributed by atoms with van der Waals surface area (Å²) in [6.45, 7) is 4.81. The number of aliphatic carboxylic acids is 1. The highest BCUT2D eigenvalue weighted by Crippen LogP contribution is 2.39. The molecule has 0 aromatic heterocycles. The van der Waals surface area contributed by atoms with Gasteiger partial charge in [-0.2, -0.15) is 0 Å². The zero-order chi connectivity index (χ0) is 19.3. The van der Waals surface area contributed by atoms with E-state index in [1.54, 1.807) is 12.1 Å². The van der Waals surface area contributed by atoms with Gasteiger partial charge in [0.25, 0.3) is 5.91 Å². The first kappa shape index (κ1) is 20.7. The van der Waals surface area contributed by atoms with E-state index in [0.29, 0.717) is 33.9 Å². The minimum atomic E-state index is -0.972. The maximum Gasteiger partial charge on any atom is 0.305 e. The van der Waals surface area contributed by atoms with Crippen molar-refractivity contribution in [3.8, 4) is 11.5 Å². The predicted octanol–water partition coefficient (Wildman–Crippen LogP) is 3.92. The highest BCUT2D eigenvalue weighted by atomic mass is 79.9. The summed E-state index contributed by atoms with van der Waals surface area (Å²) in [5.74, 6) is -0.0686. The van der Waals surface area contributed by atoms with E-state index in [1.165, 1.54) is 4.90 Å². The maximum absolute atomic E-state index is 12.5. The molecule has 0 radical (unpaired) electrons. The van der Waals surface area contributed by atoms with E-state index < -0.39 is 5.97 Å². The van der Waals surface area contributed by atoms with Crippen LogP contribution >= 0.6 is 39.9 Å². The van der Waals surface area contributed by atoms with Crippen LogP contribution < -0.4 is 9.47 Å². The second kappa shape index (κ2) is 9.38. The highest BCUT2D eigenvalue weighted by Gasteiger charge is 2.32. The van der Waals surface area contributed by atoms with Gasteiger partial charge in [0, 0.05) is 6.54 Å². The zero-order valence-electron chi connectivity index (χ0n) is 14.3. The summed E-state index contributed by atoms with van der Waals surface area (Å²) in [6.07, 6.45) is 1.56. The third kappa shape index (κ3) is 4.99. The van der Waals surface area contributed by atoms with E-state index in [4.69, 9.17) is 26.8 Å². The third-order valence-corrected chi connectivity index (χ3v) is 5.31. The van der Waals surface area contributed by atoms with Gasteiger partial charge in [-0.15, -0.1) is 0 Å². The zero-order valence-corrected chi connectivity index (χ0v) is 17.5. The lowest BCUT2D eigenvalue weighted by molar-refractivity contribution is -0.137. The molecule has 1 aromatic carbocycles. The van der Waals surface area contributed by atoms with Crippen LogP contribution in [-0.2, 0) is 9.59 Å². The van der Waals surface area contributed by atoms with Crippen LogP contribution in [0.2, 0.25) is 0 Å². The normalized spacial score (nSPS) is 15.7. The molecule has 1 heterocycles. The molecule has 0 aliphatic carbocycles. The minimum absolute atomic E-state index is 0.0640. The standard InChI is InChI=1S/C17H18BrNO5S2/c1-3-23-12-8-10(7-11(18)15(12)24-4-2)9-13-16(22)19(17(25)26-13)6-5-14(20)21/h7-9H,3-6H2,1-2H3,(H,20,21)/b13-9-. The molecule has 0 spiro atoms. The Morgan fingerprint density at radius 3 is 2.65 bits per heavy atom. The largest absolute Gasteiger partial charge is 0.490 e. The number of hydrogen-bond acceptors (Lipinski definition) is 6. The fourth-order valence-corrected chi connectivity index (χ4v) is 4.15. The van der Waals surface area contributed by atoms with Gasteiger partial charge in [0.15, 0.2) is 11.5 Å². The molecule has 1 aromatic rings. The number of carbonyl (C=O) groups is 2. The summed E-state index contributed by atoms with van der Waals surface area (Å²) in [7, 11) is 0. The van der Waals surface area contributed by atoms with Crippen LogP contribution in [0.5, 0.6) is 11.5 Å². The molecule has 0 saturated carbocycles. The Morgan fingerprint density at radius 2 is 2.04 bits per heavy atom. The molecule has 0 bridgehead atoms. The van der Waals surface area contributed by atoms with Crippen LogP contribution in [-0.4, -0.2) is 46.0 Å². The van der Waals surface area contributed by atoms with Gasteiger partial charge >= 0.3 is 5.97 Å². The van der Waals surface area contributed by atoms with Crippen molar-refractivity contribution in [1.29, 1.82) is 0 Å². The second-order valence-electron chi connectivity index (χ2n) is 5.17. The van der Waals surface area contributed by atoms with Gasteiger partial charge in [-0.05, 0) is 53.5 Å². The average Bonchev–Trinajstić information content (AvgIpc) is 2.83. The molecule has 0 unspecified atom stereocenters. The van der Waals surface area contributed by atoms with Crippen LogP contribution in [0, 0.1) is 0 Å². The van der Waals surface area contributed by atoms with Gasteiger partial charge in [0.05, 0.1) is 29.0 Å². The Kier molecular flexibility index (Phi) is 7.48. The predicted molar refractivity (Wildman–Crippen MR) is 109 cm³/mol. The monoisotopic (exact) mass is 459 g/mol. The number of carboxylic acids is 1. The van der Waals surface area contributed by atoms with Gasteiger partial charge in [-0.25, -0.2) is 0 Å². The molecule has 6 nitrogen and oxygen atoms in total. The molecule has 1 N–H and O–H groups in total. The topological polar surface area (TPSA) is 76.1 Å². The molecular weight excluding hydrogens is 442 g/mol. The van der Waals surface area contributed by atoms with Crippen LogP contribution in [0.3, 0.4) is 0 Å². The van der Waals surface area contributed by atoms with Crippen LogP contribution in [0.15, 0.2) is 21.5 Å². The van der Waals surface area contributed by atoms with E-state index in [0.717, 1.165) is 21.8 Å². The molecule has 1 amide bonds. The maximum atomic E-state index is 12.5. The minimum Gasteiger partial charge on any atom is -0.490 e. The Bertz CT molecular complexity index is 766. The Labute approximate surface area is 169 Å². The fourth-order valence-electron chi connectivity index (χ4n) is 2.27. The number of nitrogens with zero attached hydrogens (tertiary/aromatic N) is 1. The number of carboxylic acid groups (broad SMARTS) is 1. The van der Waals surface area contributed by atoms with Crippen molar-refractivity contribution < 1.29 is 24.2 Å². The molecule has 9 heteroatoms. The molecular formula is C17H18BrNO5S2. The molecule has 2 rings (SSSR count). The number of thioether (sulfide) groups is 1. The number of amides is 1. The summed E-state index contributed by atoms with van der Waals surface area (Å²) in [6, 6.07) is 3.63. The quantitative estimate of drug-likeness (QED) is 0.466. The molecule has 140 valence electrons. The first-order chi connectivity index (χ1) is 12.4. The SMILES string of the molecule is CCOc1cc(/C=C2\SC(=S)N(CCC(=O)O)C2=O)cc(Br)c1OCC. The van der Waals surface area contributed by atoms with Crippen molar-refractivity contribution in [3.05, 3.63) is 27.1 Å². The number of hydrogen-bond donors (Lipinski definition) is 1. The van der Waals surface area contributed by atoms with Crippen LogP contribution in [0.4, 0.5) is 0 Å². The summed E-state index contributed by atoms with van der Waals surface area (Å²) in [5, 5.41) is 8.80. The number of benzene rings is 1. The molecule has 0 atom stereocenters.